The van der Waals surface area contributed by atoms with Crippen LogP contribution in [0.5, 0.6) is 5.75 Å². The minimum absolute atomic E-state index is 0.357. The summed E-state index contributed by atoms with van der Waals surface area (Å²) >= 11 is 17.0. The lowest BCUT2D eigenvalue weighted by Gasteiger charge is -2.18. The molecule has 0 aromatic heterocycles. The molecule has 1 rings (SSSR count). The number of hydrogen-bond donors (Lipinski definition) is 0. The van der Waals surface area contributed by atoms with Gasteiger partial charge in [0.05, 0.1) is 6.61 Å². The zero-order valence-electron chi connectivity index (χ0n) is 7.97. The molecule has 0 aliphatic heterocycles. The van der Waals surface area contributed by atoms with Crippen LogP contribution in [0.25, 0.3) is 0 Å². The maximum absolute atomic E-state index is 11.1. The van der Waals surface area contributed by atoms with Crippen LogP contribution >= 0.6 is 34.8 Å². The Morgan fingerprint density at radius 2 is 2.00 bits per heavy atom. The van der Waals surface area contributed by atoms with Crippen LogP contribution in [0.2, 0.25) is 0 Å². The number of hydrogen-bond acceptors (Lipinski definition) is 2. The molecule has 0 N–H and O–H groups in total. The van der Waals surface area contributed by atoms with E-state index < -0.39 is 9.58 Å². The summed E-state index contributed by atoms with van der Waals surface area (Å²) in [5, 5.41) is -0.849. The SMILES string of the molecule is CCOc1ccccc1C(Cl)(Cl)C(=O)Cl. The maximum atomic E-state index is 11.1. The molecule has 0 bridgehead atoms. The number of benzene rings is 1. The Balaban J connectivity index is 3.18. The van der Waals surface area contributed by atoms with E-state index >= 15 is 0 Å². The zero-order valence-corrected chi connectivity index (χ0v) is 10.2. The molecular weight excluding hydrogens is 258 g/mol. The molecule has 0 radical (unpaired) electrons. The quantitative estimate of drug-likeness (QED) is 0.617. The van der Waals surface area contributed by atoms with Gasteiger partial charge in [-0.3, -0.25) is 4.79 Å². The second-order valence-electron chi connectivity index (χ2n) is 2.78. The lowest BCUT2D eigenvalue weighted by Crippen LogP contribution is -2.19. The molecule has 0 aliphatic rings. The van der Waals surface area contributed by atoms with Crippen LogP contribution in [0.4, 0.5) is 0 Å². The van der Waals surface area contributed by atoms with Gasteiger partial charge in [-0.05, 0) is 24.6 Å². The van der Waals surface area contributed by atoms with Crippen molar-refractivity contribution in [2.75, 3.05) is 6.61 Å². The van der Waals surface area contributed by atoms with Crippen LogP contribution in [-0.2, 0) is 9.13 Å². The van der Waals surface area contributed by atoms with Crippen molar-refractivity contribution in [2.45, 2.75) is 11.3 Å². The van der Waals surface area contributed by atoms with Gasteiger partial charge in [0.15, 0.2) is 0 Å². The Bertz CT molecular complexity index is 363. The molecule has 1 aromatic carbocycles. The lowest BCUT2D eigenvalue weighted by molar-refractivity contribution is -0.112. The first-order valence-electron chi connectivity index (χ1n) is 4.30. The van der Waals surface area contributed by atoms with Gasteiger partial charge in [0.1, 0.15) is 5.75 Å². The Hall–Kier alpha value is -0.440. The van der Waals surface area contributed by atoms with Crippen molar-refractivity contribution in [3.05, 3.63) is 29.8 Å². The summed E-state index contributed by atoms with van der Waals surface area (Å²) in [5.74, 6) is 0.457. The monoisotopic (exact) mass is 266 g/mol. The van der Waals surface area contributed by atoms with E-state index in [1.807, 2.05) is 6.92 Å². The minimum atomic E-state index is -1.77. The highest BCUT2D eigenvalue weighted by molar-refractivity contribution is 6.77. The van der Waals surface area contributed by atoms with Gasteiger partial charge >= 0.3 is 0 Å². The maximum Gasteiger partial charge on any atom is 0.262 e. The number of alkyl halides is 2. The molecule has 0 atom stereocenters. The van der Waals surface area contributed by atoms with Crippen LogP contribution in [0.3, 0.4) is 0 Å². The molecule has 0 saturated carbocycles. The number of rotatable bonds is 4. The molecule has 0 amide bonds. The highest BCUT2D eigenvalue weighted by Gasteiger charge is 2.37. The number of ether oxygens (including phenoxy) is 1. The third-order valence-electron chi connectivity index (χ3n) is 1.77. The summed E-state index contributed by atoms with van der Waals surface area (Å²) in [6, 6.07) is 6.75. The van der Waals surface area contributed by atoms with Gasteiger partial charge in [0.2, 0.25) is 4.33 Å². The van der Waals surface area contributed by atoms with Crippen LogP contribution in [0.15, 0.2) is 24.3 Å². The summed E-state index contributed by atoms with van der Waals surface area (Å²) in [6.07, 6.45) is 0. The van der Waals surface area contributed by atoms with Crippen molar-refractivity contribution in [1.82, 2.24) is 0 Å². The van der Waals surface area contributed by atoms with Gasteiger partial charge in [-0.1, -0.05) is 41.4 Å². The van der Waals surface area contributed by atoms with E-state index in [2.05, 4.69) is 0 Å². The van der Waals surface area contributed by atoms with E-state index in [1.54, 1.807) is 24.3 Å². The van der Waals surface area contributed by atoms with E-state index in [0.717, 1.165) is 0 Å². The fourth-order valence-electron chi connectivity index (χ4n) is 1.11. The molecule has 15 heavy (non-hydrogen) atoms. The van der Waals surface area contributed by atoms with Crippen molar-refractivity contribution in [3.63, 3.8) is 0 Å². The first-order chi connectivity index (χ1) is 7.00. The fraction of sp³-hybridized carbons (Fsp3) is 0.300. The lowest BCUT2D eigenvalue weighted by atomic mass is 10.1. The van der Waals surface area contributed by atoms with Gasteiger partial charge in [0, 0.05) is 5.56 Å². The predicted molar refractivity (Wildman–Crippen MR) is 61.9 cm³/mol. The van der Waals surface area contributed by atoms with Gasteiger partial charge in [-0.2, -0.15) is 0 Å². The minimum Gasteiger partial charge on any atom is -0.493 e. The van der Waals surface area contributed by atoms with Gasteiger partial charge in [0.25, 0.3) is 5.24 Å². The van der Waals surface area contributed by atoms with Crippen LogP contribution in [0.1, 0.15) is 12.5 Å². The van der Waals surface area contributed by atoms with E-state index in [4.69, 9.17) is 39.5 Å². The largest absolute Gasteiger partial charge is 0.493 e. The Labute approximate surface area is 103 Å². The van der Waals surface area contributed by atoms with Crippen molar-refractivity contribution >= 4 is 40.0 Å². The first-order valence-corrected chi connectivity index (χ1v) is 5.43. The molecule has 2 nitrogen and oxygen atoms in total. The second kappa shape index (κ2) is 5.06. The van der Waals surface area contributed by atoms with Crippen molar-refractivity contribution < 1.29 is 9.53 Å². The molecule has 5 heteroatoms. The molecule has 0 unspecified atom stereocenters. The van der Waals surface area contributed by atoms with E-state index in [1.165, 1.54) is 0 Å². The number of para-hydroxylation sites is 1. The fourth-order valence-corrected chi connectivity index (χ4v) is 1.53. The van der Waals surface area contributed by atoms with E-state index in [-0.39, 0.29) is 0 Å². The highest BCUT2D eigenvalue weighted by atomic mass is 35.5. The van der Waals surface area contributed by atoms with Crippen LogP contribution < -0.4 is 4.74 Å². The Kier molecular flexibility index (Phi) is 4.26. The molecule has 0 spiro atoms. The van der Waals surface area contributed by atoms with Crippen molar-refractivity contribution in [3.8, 4) is 5.75 Å². The second-order valence-corrected chi connectivity index (χ2v) is 4.45. The van der Waals surface area contributed by atoms with Gasteiger partial charge in [-0.25, -0.2) is 0 Å². The van der Waals surface area contributed by atoms with E-state index in [9.17, 15) is 4.79 Å². The van der Waals surface area contributed by atoms with Crippen LogP contribution in [0, 0.1) is 0 Å². The molecular formula is C10H9Cl3O2. The Morgan fingerprint density at radius 3 is 2.53 bits per heavy atom. The molecule has 0 fully saturated rings. The molecule has 0 aliphatic carbocycles. The average molecular weight is 268 g/mol. The third kappa shape index (κ3) is 2.77. The zero-order chi connectivity index (χ0) is 11.5. The standard InChI is InChI=1S/C10H9Cl3O2/c1-2-15-8-6-4-3-5-7(8)10(12,13)9(11)14/h3-6H,2H2,1H3. The molecule has 1 aromatic rings. The summed E-state index contributed by atoms with van der Waals surface area (Å²) in [6.45, 7) is 2.28. The normalized spacial score (nSPS) is 11.2. The summed E-state index contributed by atoms with van der Waals surface area (Å²) < 4.78 is 3.52. The van der Waals surface area contributed by atoms with Gasteiger partial charge in [-0.15, -0.1) is 0 Å². The van der Waals surface area contributed by atoms with Crippen LogP contribution in [-0.4, -0.2) is 11.8 Å². The smallest absolute Gasteiger partial charge is 0.262 e. The topological polar surface area (TPSA) is 26.3 Å². The molecule has 82 valence electrons. The van der Waals surface area contributed by atoms with Crippen molar-refractivity contribution in [1.29, 1.82) is 0 Å². The summed E-state index contributed by atoms with van der Waals surface area (Å²) in [7, 11) is 0. The number of carbonyl (C=O) groups is 1. The Morgan fingerprint density at radius 1 is 1.40 bits per heavy atom. The van der Waals surface area contributed by atoms with E-state index in [0.29, 0.717) is 17.9 Å². The average Bonchev–Trinajstić information content (AvgIpc) is 2.18. The molecule has 0 heterocycles. The summed E-state index contributed by atoms with van der Waals surface area (Å²) in [5.41, 5.74) is 0.357. The molecule has 0 saturated heterocycles. The summed E-state index contributed by atoms with van der Waals surface area (Å²) in [4.78, 5) is 11.1. The third-order valence-corrected chi connectivity index (χ3v) is 3.00. The first kappa shape index (κ1) is 12.6. The highest BCUT2D eigenvalue weighted by Crippen LogP contribution is 2.41. The van der Waals surface area contributed by atoms with Gasteiger partial charge < -0.3 is 4.74 Å². The number of halogens is 3. The van der Waals surface area contributed by atoms with Crippen molar-refractivity contribution in [2.24, 2.45) is 0 Å². The number of carbonyl (C=O) groups excluding carboxylic acids is 1. The predicted octanol–water partition coefficient (Wildman–Crippen LogP) is 3.48.